The second kappa shape index (κ2) is 3.68. The minimum Gasteiger partial charge on any atom is -0.496 e. The van der Waals surface area contributed by atoms with Gasteiger partial charge in [0.1, 0.15) is 5.75 Å². The van der Waals surface area contributed by atoms with Gasteiger partial charge in [0.15, 0.2) is 0 Å². The molecule has 3 heteroatoms. The van der Waals surface area contributed by atoms with E-state index in [-0.39, 0.29) is 0 Å². The van der Waals surface area contributed by atoms with E-state index in [0.717, 1.165) is 11.1 Å². The summed E-state index contributed by atoms with van der Waals surface area (Å²) in [5, 5.41) is 4.17. The normalized spacial score (nSPS) is 10.6. The molecule has 0 aliphatic rings. The highest BCUT2D eigenvalue weighted by atomic mass is 79.9. The highest BCUT2D eigenvalue weighted by Gasteiger charge is 2.04. The molecule has 0 saturated carbocycles. The molecule has 0 radical (unpaired) electrons. The molecule has 0 aliphatic carbocycles. The van der Waals surface area contributed by atoms with Crippen molar-refractivity contribution >= 4 is 37.4 Å². The van der Waals surface area contributed by atoms with Gasteiger partial charge in [-0.15, -0.1) is 11.3 Å². The van der Waals surface area contributed by atoms with Crippen LogP contribution in [-0.4, -0.2) is 7.11 Å². The lowest BCUT2D eigenvalue weighted by molar-refractivity contribution is 0.419. The first-order valence-corrected chi connectivity index (χ1v) is 5.95. The Bertz CT molecular complexity index is 422. The maximum Gasteiger partial charge on any atom is 0.127 e. The maximum absolute atomic E-state index is 5.31. The largest absolute Gasteiger partial charge is 0.496 e. The van der Waals surface area contributed by atoms with Gasteiger partial charge in [0.05, 0.1) is 7.11 Å². The quantitative estimate of drug-likeness (QED) is 0.743. The van der Waals surface area contributed by atoms with Crippen molar-refractivity contribution < 1.29 is 4.74 Å². The van der Waals surface area contributed by atoms with E-state index in [4.69, 9.17) is 4.74 Å². The molecule has 1 aromatic carbocycles. The molecule has 0 fully saturated rings. The number of rotatable bonds is 2. The van der Waals surface area contributed by atoms with E-state index in [2.05, 4.69) is 39.5 Å². The Balaban J connectivity index is 2.70. The van der Waals surface area contributed by atoms with Crippen LogP contribution in [0.25, 0.3) is 10.1 Å². The lowest BCUT2D eigenvalue weighted by atomic mass is 10.2. The molecule has 0 unspecified atom stereocenters. The van der Waals surface area contributed by atoms with Gasteiger partial charge < -0.3 is 4.74 Å². The fraction of sp³-hybridized carbons (Fsp3) is 0.200. The van der Waals surface area contributed by atoms with Crippen LogP contribution in [0.4, 0.5) is 0 Å². The third-order valence-corrected chi connectivity index (χ3v) is 3.48. The Morgan fingerprint density at radius 1 is 1.46 bits per heavy atom. The molecule has 1 nitrogen and oxygen atoms in total. The monoisotopic (exact) mass is 256 g/mol. The zero-order chi connectivity index (χ0) is 9.26. The van der Waals surface area contributed by atoms with Crippen LogP contribution in [0.3, 0.4) is 0 Å². The van der Waals surface area contributed by atoms with Crippen LogP contribution in [0.5, 0.6) is 5.75 Å². The van der Waals surface area contributed by atoms with Gasteiger partial charge in [0, 0.05) is 15.4 Å². The Hall–Kier alpha value is -0.540. The van der Waals surface area contributed by atoms with E-state index in [0.29, 0.717) is 0 Å². The smallest absolute Gasteiger partial charge is 0.127 e. The molecule has 0 bridgehead atoms. The van der Waals surface area contributed by atoms with Crippen LogP contribution in [-0.2, 0) is 5.33 Å². The first-order chi connectivity index (χ1) is 6.35. The minimum atomic E-state index is 0.872. The first kappa shape index (κ1) is 9.03. The molecule has 13 heavy (non-hydrogen) atoms. The van der Waals surface area contributed by atoms with Crippen molar-refractivity contribution in [1.82, 2.24) is 0 Å². The van der Waals surface area contributed by atoms with Gasteiger partial charge in [-0.2, -0.15) is 0 Å². The van der Waals surface area contributed by atoms with Crippen molar-refractivity contribution in [3.8, 4) is 5.75 Å². The molecule has 0 spiro atoms. The summed E-state index contributed by atoms with van der Waals surface area (Å²) in [6, 6.07) is 6.36. The number of methoxy groups -OCH3 is 1. The van der Waals surface area contributed by atoms with E-state index in [1.807, 2.05) is 0 Å². The molecule has 0 atom stereocenters. The molecule has 0 N–H and O–H groups in total. The van der Waals surface area contributed by atoms with Crippen LogP contribution >= 0.6 is 27.3 Å². The van der Waals surface area contributed by atoms with Crippen molar-refractivity contribution in [1.29, 1.82) is 0 Å². The summed E-state index contributed by atoms with van der Waals surface area (Å²) >= 11 is 5.19. The number of hydrogen-bond acceptors (Lipinski definition) is 2. The predicted octanol–water partition coefficient (Wildman–Crippen LogP) is 3.80. The predicted molar refractivity (Wildman–Crippen MR) is 61.0 cm³/mol. The number of fused-ring (bicyclic) bond motifs is 1. The topological polar surface area (TPSA) is 9.23 Å². The molecular formula is C10H9BrOS. The van der Waals surface area contributed by atoms with Crippen molar-refractivity contribution in [3.05, 3.63) is 29.1 Å². The minimum absolute atomic E-state index is 0.872. The van der Waals surface area contributed by atoms with Crippen molar-refractivity contribution in [2.24, 2.45) is 0 Å². The number of halogens is 1. The molecule has 0 amide bonds. The average Bonchev–Trinajstić information content (AvgIpc) is 2.63. The summed E-state index contributed by atoms with van der Waals surface area (Å²) in [6.07, 6.45) is 0. The summed E-state index contributed by atoms with van der Waals surface area (Å²) in [4.78, 5) is 0. The number of alkyl halides is 1. The third-order valence-electron chi connectivity index (χ3n) is 1.97. The number of thiophene rings is 1. The van der Waals surface area contributed by atoms with E-state index in [9.17, 15) is 0 Å². The summed E-state index contributed by atoms with van der Waals surface area (Å²) in [5.74, 6) is 0.966. The standard InChI is InChI=1S/C10H9BrOS/c1-12-9-4-7(6-11)5-10-8(9)2-3-13-10/h2-5H,6H2,1H3. The lowest BCUT2D eigenvalue weighted by Crippen LogP contribution is -1.85. The van der Waals surface area contributed by atoms with E-state index < -0.39 is 0 Å². The summed E-state index contributed by atoms with van der Waals surface area (Å²) in [6.45, 7) is 0. The number of ether oxygens (including phenoxy) is 1. The fourth-order valence-electron chi connectivity index (χ4n) is 1.34. The third kappa shape index (κ3) is 1.58. The molecular weight excluding hydrogens is 248 g/mol. The van der Waals surface area contributed by atoms with Crippen molar-refractivity contribution in [3.63, 3.8) is 0 Å². The average molecular weight is 257 g/mol. The molecule has 1 aromatic heterocycles. The van der Waals surface area contributed by atoms with E-state index >= 15 is 0 Å². The maximum atomic E-state index is 5.31. The zero-order valence-electron chi connectivity index (χ0n) is 7.21. The number of benzene rings is 1. The van der Waals surface area contributed by atoms with Crippen LogP contribution < -0.4 is 4.74 Å². The van der Waals surface area contributed by atoms with E-state index in [1.54, 1.807) is 18.4 Å². The summed E-state index contributed by atoms with van der Waals surface area (Å²) in [5.41, 5.74) is 1.26. The highest BCUT2D eigenvalue weighted by molar-refractivity contribution is 9.08. The Morgan fingerprint density at radius 2 is 2.31 bits per heavy atom. The molecule has 68 valence electrons. The molecule has 0 saturated heterocycles. The first-order valence-electron chi connectivity index (χ1n) is 3.95. The second-order valence-corrected chi connectivity index (χ2v) is 4.27. The molecule has 0 aliphatic heterocycles. The molecule has 1 heterocycles. The second-order valence-electron chi connectivity index (χ2n) is 2.76. The van der Waals surface area contributed by atoms with Gasteiger partial charge in [-0.1, -0.05) is 15.9 Å². The van der Waals surface area contributed by atoms with Gasteiger partial charge in [-0.3, -0.25) is 0 Å². The highest BCUT2D eigenvalue weighted by Crippen LogP contribution is 2.31. The summed E-state index contributed by atoms with van der Waals surface area (Å²) in [7, 11) is 1.71. The van der Waals surface area contributed by atoms with Gasteiger partial charge in [-0.25, -0.2) is 0 Å². The van der Waals surface area contributed by atoms with Crippen LogP contribution in [0.1, 0.15) is 5.56 Å². The van der Waals surface area contributed by atoms with Crippen LogP contribution in [0.2, 0.25) is 0 Å². The molecule has 2 rings (SSSR count). The Labute approximate surface area is 89.5 Å². The van der Waals surface area contributed by atoms with Crippen LogP contribution in [0.15, 0.2) is 23.6 Å². The fourth-order valence-corrected chi connectivity index (χ4v) is 2.53. The van der Waals surface area contributed by atoms with Gasteiger partial charge in [0.25, 0.3) is 0 Å². The van der Waals surface area contributed by atoms with Crippen molar-refractivity contribution in [2.75, 3.05) is 7.11 Å². The Kier molecular flexibility index (Phi) is 2.56. The van der Waals surface area contributed by atoms with E-state index in [1.165, 1.54) is 15.6 Å². The van der Waals surface area contributed by atoms with Gasteiger partial charge >= 0.3 is 0 Å². The molecule has 2 aromatic rings. The van der Waals surface area contributed by atoms with Gasteiger partial charge in [0.2, 0.25) is 0 Å². The summed E-state index contributed by atoms with van der Waals surface area (Å²) < 4.78 is 6.60. The van der Waals surface area contributed by atoms with Gasteiger partial charge in [-0.05, 0) is 29.1 Å². The zero-order valence-corrected chi connectivity index (χ0v) is 9.61. The number of hydrogen-bond donors (Lipinski definition) is 0. The van der Waals surface area contributed by atoms with Crippen molar-refractivity contribution in [2.45, 2.75) is 5.33 Å². The lowest BCUT2D eigenvalue weighted by Gasteiger charge is -2.03. The van der Waals surface area contributed by atoms with Crippen LogP contribution in [0, 0.1) is 0 Å². The Morgan fingerprint density at radius 3 is 3.00 bits per heavy atom. The SMILES string of the molecule is COc1cc(CBr)cc2sccc12.